The lowest BCUT2D eigenvalue weighted by Crippen LogP contribution is -2.29. The van der Waals surface area contributed by atoms with Crippen LogP contribution in [0, 0.1) is 11.3 Å². The zero-order chi connectivity index (χ0) is 20.6. The van der Waals surface area contributed by atoms with Crippen molar-refractivity contribution in [1.82, 2.24) is 5.32 Å². The summed E-state index contributed by atoms with van der Waals surface area (Å²) in [6.07, 6.45) is 0. The van der Waals surface area contributed by atoms with Crippen molar-refractivity contribution in [1.29, 1.82) is 5.26 Å². The van der Waals surface area contributed by atoms with E-state index in [4.69, 9.17) is 10.00 Å². The molecule has 5 heteroatoms. The number of nitrogens with one attached hydrogen (secondary N) is 1. The Kier molecular flexibility index (Phi) is 7.15. The van der Waals surface area contributed by atoms with Gasteiger partial charge >= 0.3 is 0 Å². The smallest absolute Gasteiger partial charge is 0.227 e. The van der Waals surface area contributed by atoms with E-state index in [1.807, 2.05) is 61.5 Å². The Labute approximate surface area is 175 Å². The molecule has 0 aliphatic rings. The van der Waals surface area contributed by atoms with Crippen molar-refractivity contribution in [3.05, 3.63) is 77.4 Å². The van der Waals surface area contributed by atoms with Gasteiger partial charge in [0.05, 0.1) is 24.7 Å². The molecule has 0 fully saturated rings. The predicted octanol–water partition coefficient (Wildman–Crippen LogP) is 4.87. The van der Waals surface area contributed by atoms with E-state index in [0.29, 0.717) is 12.1 Å². The quantitative estimate of drug-likeness (QED) is 0.544. The van der Waals surface area contributed by atoms with Crippen LogP contribution in [-0.4, -0.2) is 25.3 Å². The van der Waals surface area contributed by atoms with Gasteiger partial charge < -0.3 is 10.1 Å². The highest BCUT2D eigenvalue weighted by atomic mass is 32.2. The second kappa shape index (κ2) is 9.99. The molecule has 3 aromatic carbocycles. The molecule has 1 unspecified atom stereocenters. The summed E-state index contributed by atoms with van der Waals surface area (Å²) in [7, 11) is 1.66. The standard InChI is InChI=1S/C24H24N2O2S/c1-17(18-7-8-20-14-23(28-2)10-9-19(20)13-18)24(27)26-11-12-29-16-22-6-4-3-5-21(22)15-25/h3-10,13-14,17H,11-12,16H2,1-2H3,(H,26,27). The first-order valence-corrected chi connectivity index (χ1v) is 10.7. The van der Waals surface area contributed by atoms with Crippen LogP contribution in [0.3, 0.4) is 0 Å². The van der Waals surface area contributed by atoms with Crippen LogP contribution in [-0.2, 0) is 10.5 Å². The number of carbonyl (C=O) groups excluding carboxylic acids is 1. The highest BCUT2D eigenvalue weighted by molar-refractivity contribution is 7.98. The Morgan fingerprint density at radius 2 is 1.90 bits per heavy atom. The number of nitriles is 1. The Bertz CT molecular complexity index is 1040. The fourth-order valence-electron chi connectivity index (χ4n) is 3.13. The number of carbonyl (C=O) groups is 1. The summed E-state index contributed by atoms with van der Waals surface area (Å²) in [6, 6.07) is 21.9. The summed E-state index contributed by atoms with van der Waals surface area (Å²) in [5.41, 5.74) is 2.75. The maximum atomic E-state index is 12.5. The van der Waals surface area contributed by atoms with Crippen LogP contribution in [0.25, 0.3) is 10.8 Å². The maximum absolute atomic E-state index is 12.5. The fourth-order valence-corrected chi connectivity index (χ4v) is 3.99. The van der Waals surface area contributed by atoms with Crippen molar-refractivity contribution in [3.8, 4) is 11.8 Å². The molecule has 0 aliphatic heterocycles. The number of nitrogens with zero attached hydrogens (tertiary/aromatic N) is 1. The molecule has 0 saturated heterocycles. The van der Waals surface area contributed by atoms with E-state index in [-0.39, 0.29) is 11.8 Å². The van der Waals surface area contributed by atoms with Gasteiger partial charge in [-0.15, -0.1) is 0 Å². The van der Waals surface area contributed by atoms with E-state index in [0.717, 1.165) is 39.2 Å². The second-order valence-electron chi connectivity index (χ2n) is 6.81. The van der Waals surface area contributed by atoms with Crippen molar-refractivity contribution in [2.75, 3.05) is 19.4 Å². The first-order valence-electron chi connectivity index (χ1n) is 9.53. The van der Waals surface area contributed by atoms with E-state index in [1.165, 1.54) is 0 Å². The lowest BCUT2D eigenvalue weighted by atomic mass is 9.97. The zero-order valence-electron chi connectivity index (χ0n) is 16.6. The summed E-state index contributed by atoms with van der Waals surface area (Å²) < 4.78 is 5.26. The van der Waals surface area contributed by atoms with Gasteiger partial charge in [-0.1, -0.05) is 42.5 Å². The van der Waals surface area contributed by atoms with Crippen LogP contribution < -0.4 is 10.1 Å². The van der Waals surface area contributed by atoms with Gasteiger partial charge in [-0.25, -0.2) is 0 Å². The maximum Gasteiger partial charge on any atom is 0.227 e. The van der Waals surface area contributed by atoms with Gasteiger partial charge in [-0.05, 0) is 47.0 Å². The third-order valence-electron chi connectivity index (χ3n) is 4.91. The van der Waals surface area contributed by atoms with Crippen molar-refractivity contribution >= 4 is 28.4 Å². The lowest BCUT2D eigenvalue weighted by molar-refractivity contribution is -0.122. The van der Waals surface area contributed by atoms with Crippen LogP contribution in [0.5, 0.6) is 5.75 Å². The van der Waals surface area contributed by atoms with Crippen LogP contribution in [0.1, 0.15) is 29.5 Å². The van der Waals surface area contributed by atoms with Gasteiger partial charge in [0.2, 0.25) is 5.91 Å². The van der Waals surface area contributed by atoms with Gasteiger partial charge in [0.1, 0.15) is 5.75 Å². The Balaban J connectivity index is 1.50. The predicted molar refractivity (Wildman–Crippen MR) is 119 cm³/mol. The molecule has 0 aliphatic carbocycles. The average molecular weight is 405 g/mol. The minimum absolute atomic E-state index is 0.0240. The summed E-state index contributed by atoms with van der Waals surface area (Å²) in [5, 5.41) is 14.3. The molecule has 0 radical (unpaired) electrons. The summed E-state index contributed by atoms with van der Waals surface area (Å²) in [4.78, 5) is 12.5. The van der Waals surface area contributed by atoms with Gasteiger partial charge in [0, 0.05) is 18.1 Å². The van der Waals surface area contributed by atoms with Crippen LogP contribution >= 0.6 is 11.8 Å². The number of benzene rings is 3. The number of rotatable bonds is 8. The molecule has 0 heterocycles. The molecule has 0 aromatic heterocycles. The van der Waals surface area contributed by atoms with Crippen LogP contribution in [0.4, 0.5) is 0 Å². The largest absolute Gasteiger partial charge is 0.497 e. The molecule has 3 aromatic rings. The molecule has 148 valence electrons. The molecule has 0 saturated carbocycles. The van der Waals surface area contributed by atoms with Crippen LogP contribution in [0.2, 0.25) is 0 Å². The number of methoxy groups -OCH3 is 1. The molecule has 1 atom stereocenters. The molecule has 1 N–H and O–H groups in total. The monoisotopic (exact) mass is 404 g/mol. The molecule has 0 spiro atoms. The summed E-state index contributed by atoms with van der Waals surface area (Å²) >= 11 is 1.71. The molecular weight excluding hydrogens is 380 g/mol. The third kappa shape index (κ3) is 5.30. The second-order valence-corrected chi connectivity index (χ2v) is 7.91. The number of fused-ring (bicyclic) bond motifs is 1. The number of thioether (sulfide) groups is 1. The number of hydrogen-bond acceptors (Lipinski definition) is 4. The zero-order valence-corrected chi connectivity index (χ0v) is 17.5. The average Bonchev–Trinajstić information content (AvgIpc) is 2.77. The van der Waals surface area contributed by atoms with Gasteiger partial charge in [-0.3, -0.25) is 4.79 Å². The summed E-state index contributed by atoms with van der Waals surface area (Å²) in [6.45, 7) is 2.53. The number of ether oxygens (including phenoxy) is 1. The van der Waals surface area contributed by atoms with Gasteiger partial charge in [0.25, 0.3) is 0 Å². The van der Waals surface area contributed by atoms with Crippen LogP contribution in [0.15, 0.2) is 60.7 Å². The van der Waals surface area contributed by atoms with Crippen molar-refractivity contribution in [2.45, 2.75) is 18.6 Å². The van der Waals surface area contributed by atoms with Gasteiger partial charge in [-0.2, -0.15) is 17.0 Å². The molecular formula is C24H24N2O2S. The van der Waals surface area contributed by atoms with Crippen molar-refractivity contribution < 1.29 is 9.53 Å². The number of hydrogen-bond donors (Lipinski definition) is 1. The van der Waals surface area contributed by atoms with Crippen molar-refractivity contribution in [2.24, 2.45) is 0 Å². The fraction of sp³-hybridized carbons (Fsp3) is 0.250. The Hall–Kier alpha value is -2.97. The van der Waals surface area contributed by atoms with E-state index < -0.39 is 0 Å². The SMILES string of the molecule is COc1ccc2cc(C(C)C(=O)NCCSCc3ccccc3C#N)ccc2c1. The van der Waals surface area contributed by atoms with E-state index in [1.54, 1.807) is 18.9 Å². The first-order chi connectivity index (χ1) is 14.1. The Morgan fingerprint density at radius 1 is 1.14 bits per heavy atom. The molecule has 0 bridgehead atoms. The van der Waals surface area contributed by atoms with E-state index in [2.05, 4.69) is 17.5 Å². The number of amides is 1. The molecule has 29 heavy (non-hydrogen) atoms. The molecule has 1 amide bonds. The first kappa shape index (κ1) is 20.8. The molecule has 4 nitrogen and oxygen atoms in total. The normalized spacial score (nSPS) is 11.6. The Morgan fingerprint density at radius 3 is 2.69 bits per heavy atom. The van der Waals surface area contributed by atoms with E-state index >= 15 is 0 Å². The third-order valence-corrected chi connectivity index (χ3v) is 5.91. The van der Waals surface area contributed by atoms with Crippen molar-refractivity contribution in [3.63, 3.8) is 0 Å². The highest BCUT2D eigenvalue weighted by Gasteiger charge is 2.15. The minimum Gasteiger partial charge on any atom is -0.497 e. The lowest BCUT2D eigenvalue weighted by Gasteiger charge is -2.14. The van der Waals surface area contributed by atoms with E-state index in [9.17, 15) is 4.79 Å². The minimum atomic E-state index is -0.217. The molecule has 3 rings (SSSR count). The highest BCUT2D eigenvalue weighted by Crippen LogP contribution is 2.25. The van der Waals surface area contributed by atoms with Gasteiger partial charge in [0.15, 0.2) is 0 Å². The topological polar surface area (TPSA) is 62.1 Å². The summed E-state index contributed by atoms with van der Waals surface area (Å²) in [5.74, 6) is 2.20.